The second kappa shape index (κ2) is 8.30. The van der Waals surface area contributed by atoms with Crippen LogP contribution in [0, 0.1) is 11.6 Å². The van der Waals surface area contributed by atoms with Crippen LogP contribution in [-0.4, -0.2) is 33.2 Å². The standard InChI is InChI=1S/C18H17F2N5O/c19-14-6-12(7-15(20)8-14)10-23-17-9-16(13-2-1-3-21-11-13)24-18(25-17)22-4-5-26/h1-3,6-9,11,26H,4-5,10H2,(H2,22,23,24,25). The summed E-state index contributed by atoms with van der Waals surface area (Å²) in [5.74, 6) is -0.464. The van der Waals surface area contributed by atoms with E-state index in [9.17, 15) is 8.78 Å². The molecule has 0 aliphatic heterocycles. The van der Waals surface area contributed by atoms with Crippen molar-refractivity contribution >= 4 is 11.8 Å². The molecule has 3 rings (SSSR count). The molecule has 26 heavy (non-hydrogen) atoms. The summed E-state index contributed by atoms with van der Waals surface area (Å²) in [6, 6.07) is 8.70. The molecule has 134 valence electrons. The molecule has 0 saturated heterocycles. The number of aliphatic hydroxyl groups is 1. The number of anilines is 2. The van der Waals surface area contributed by atoms with E-state index >= 15 is 0 Å². The average Bonchev–Trinajstić information content (AvgIpc) is 2.64. The quantitative estimate of drug-likeness (QED) is 0.603. The van der Waals surface area contributed by atoms with Gasteiger partial charge in [0, 0.05) is 43.2 Å². The minimum absolute atomic E-state index is 0.0637. The topological polar surface area (TPSA) is 83.0 Å². The summed E-state index contributed by atoms with van der Waals surface area (Å²) in [6.07, 6.45) is 3.33. The second-order valence-corrected chi connectivity index (χ2v) is 5.49. The molecule has 3 N–H and O–H groups in total. The van der Waals surface area contributed by atoms with Crippen LogP contribution < -0.4 is 10.6 Å². The first kappa shape index (κ1) is 17.7. The van der Waals surface area contributed by atoms with Crippen LogP contribution in [0.2, 0.25) is 0 Å². The van der Waals surface area contributed by atoms with Crippen molar-refractivity contribution in [1.29, 1.82) is 0 Å². The molecule has 0 saturated carbocycles. The van der Waals surface area contributed by atoms with E-state index in [2.05, 4.69) is 25.6 Å². The summed E-state index contributed by atoms with van der Waals surface area (Å²) < 4.78 is 26.6. The molecule has 2 heterocycles. The molecule has 8 heteroatoms. The predicted octanol–water partition coefficient (Wildman–Crippen LogP) is 2.83. The fourth-order valence-corrected chi connectivity index (χ4v) is 2.35. The lowest BCUT2D eigenvalue weighted by Gasteiger charge is -2.11. The van der Waals surface area contributed by atoms with Crippen molar-refractivity contribution in [1.82, 2.24) is 15.0 Å². The third-order valence-corrected chi connectivity index (χ3v) is 3.47. The Morgan fingerprint density at radius 3 is 2.50 bits per heavy atom. The highest BCUT2D eigenvalue weighted by Gasteiger charge is 2.08. The van der Waals surface area contributed by atoms with E-state index in [0.717, 1.165) is 11.6 Å². The summed E-state index contributed by atoms with van der Waals surface area (Å²) in [5.41, 5.74) is 1.87. The normalized spacial score (nSPS) is 10.6. The fourth-order valence-electron chi connectivity index (χ4n) is 2.35. The molecule has 0 bridgehead atoms. The van der Waals surface area contributed by atoms with E-state index < -0.39 is 11.6 Å². The number of aromatic nitrogens is 3. The first-order valence-corrected chi connectivity index (χ1v) is 7.97. The number of pyridine rings is 1. The molecule has 0 spiro atoms. The number of halogens is 2. The molecule has 1 aromatic carbocycles. The van der Waals surface area contributed by atoms with Gasteiger partial charge < -0.3 is 15.7 Å². The molecule has 2 aromatic heterocycles. The summed E-state index contributed by atoms with van der Waals surface area (Å²) in [5, 5.41) is 14.9. The number of benzene rings is 1. The largest absolute Gasteiger partial charge is 0.395 e. The Morgan fingerprint density at radius 2 is 1.81 bits per heavy atom. The van der Waals surface area contributed by atoms with Gasteiger partial charge in [0.2, 0.25) is 5.95 Å². The minimum Gasteiger partial charge on any atom is -0.395 e. The molecule has 3 aromatic rings. The third kappa shape index (κ3) is 4.70. The van der Waals surface area contributed by atoms with Crippen molar-refractivity contribution < 1.29 is 13.9 Å². The predicted molar refractivity (Wildman–Crippen MR) is 94.5 cm³/mol. The zero-order valence-corrected chi connectivity index (χ0v) is 13.8. The van der Waals surface area contributed by atoms with E-state index in [0.29, 0.717) is 29.6 Å². The van der Waals surface area contributed by atoms with Crippen molar-refractivity contribution in [3.05, 3.63) is 66.0 Å². The number of hydrogen-bond acceptors (Lipinski definition) is 6. The first-order valence-electron chi connectivity index (χ1n) is 7.97. The molecule has 0 unspecified atom stereocenters. The summed E-state index contributed by atoms with van der Waals surface area (Å²) in [4.78, 5) is 12.8. The van der Waals surface area contributed by atoms with Gasteiger partial charge in [0.05, 0.1) is 12.3 Å². The van der Waals surface area contributed by atoms with Crippen molar-refractivity contribution in [3.63, 3.8) is 0 Å². The van der Waals surface area contributed by atoms with E-state index in [-0.39, 0.29) is 13.2 Å². The molecular weight excluding hydrogens is 340 g/mol. The van der Waals surface area contributed by atoms with Crippen molar-refractivity contribution in [2.24, 2.45) is 0 Å². The third-order valence-electron chi connectivity index (χ3n) is 3.47. The van der Waals surface area contributed by atoms with Crippen LogP contribution in [0.4, 0.5) is 20.5 Å². The maximum Gasteiger partial charge on any atom is 0.225 e. The van der Waals surface area contributed by atoms with Gasteiger partial charge in [-0.2, -0.15) is 4.98 Å². The average molecular weight is 357 g/mol. The van der Waals surface area contributed by atoms with E-state index in [1.807, 2.05) is 6.07 Å². The van der Waals surface area contributed by atoms with Crippen molar-refractivity contribution in [2.75, 3.05) is 23.8 Å². The lowest BCUT2D eigenvalue weighted by molar-refractivity contribution is 0.311. The van der Waals surface area contributed by atoms with Gasteiger partial charge in [0.15, 0.2) is 0 Å². The van der Waals surface area contributed by atoms with Crippen LogP contribution in [0.15, 0.2) is 48.8 Å². The summed E-state index contributed by atoms with van der Waals surface area (Å²) >= 11 is 0. The van der Waals surface area contributed by atoms with Crippen LogP contribution in [0.25, 0.3) is 11.3 Å². The Hall–Kier alpha value is -3.13. The van der Waals surface area contributed by atoms with Gasteiger partial charge in [0.1, 0.15) is 17.5 Å². The Labute approximate surface area is 149 Å². The zero-order valence-electron chi connectivity index (χ0n) is 13.8. The van der Waals surface area contributed by atoms with Gasteiger partial charge in [-0.25, -0.2) is 13.8 Å². The SMILES string of the molecule is OCCNc1nc(NCc2cc(F)cc(F)c2)cc(-c2cccnc2)n1. The van der Waals surface area contributed by atoms with Crippen LogP contribution in [0.1, 0.15) is 5.56 Å². The van der Waals surface area contributed by atoms with Crippen molar-refractivity contribution in [2.45, 2.75) is 6.54 Å². The number of hydrogen-bond donors (Lipinski definition) is 3. The molecule has 0 radical (unpaired) electrons. The smallest absolute Gasteiger partial charge is 0.225 e. The highest BCUT2D eigenvalue weighted by atomic mass is 19.1. The zero-order chi connectivity index (χ0) is 18.4. The highest BCUT2D eigenvalue weighted by molar-refractivity contribution is 5.63. The van der Waals surface area contributed by atoms with Gasteiger partial charge in [-0.1, -0.05) is 0 Å². The Bertz CT molecular complexity index is 856. The van der Waals surface area contributed by atoms with Crippen LogP contribution >= 0.6 is 0 Å². The summed E-state index contributed by atoms with van der Waals surface area (Å²) in [6.45, 7) is 0.425. The van der Waals surface area contributed by atoms with E-state index in [1.54, 1.807) is 24.5 Å². The van der Waals surface area contributed by atoms with Crippen LogP contribution in [-0.2, 0) is 6.54 Å². The lowest BCUT2D eigenvalue weighted by Crippen LogP contribution is -2.11. The first-order chi connectivity index (χ1) is 12.6. The molecule has 0 atom stereocenters. The number of aliphatic hydroxyl groups excluding tert-OH is 1. The molecule has 0 amide bonds. The lowest BCUT2D eigenvalue weighted by atomic mass is 10.2. The van der Waals surface area contributed by atoms with Crippen LogP contribution in [0.3, 0.4) is 0 Å². The monoisotopic (exact) mass is 357 g/mol. The van der Waals surface area contributed by atoms with Gasteiger partial charge in [-0.15, -0.1) is 0 Å². The van der Waals surface area contributed by atoms with Gasteiger partial charge in [-0.05, 0) is 29.8 Å². The number of nitrogens with one attached hydrogen (secondary N) is 2. The van der Waals surface area contributed by atoms with Gasteiger partial charge >= 0.3 is 0 Å². The highest BCUT2D eigenvalue weighted by Crippen LogP contribution is 2.21. The minimum atomic E-state index is -0.633. The van der Waals surface area contributed by atoms with Crippen molar-refractivity contribution in [3.8, 4) is 11.3 Å². The number of nitrogens with zero attached hydrogens (tertiary/aromatic N) is 3. The Kier molecular flexibility index (Phi) is 5.65. The van der Waals surface area contributed by atoms with E-state index in [4.69, 9.17) is 5.11 Å². The van der Waals surface area contributed by atoms with E-state index in [1.165, 1.54) is 12.1 Å². The molecule has 6 nitrogen and oxygen atoms in total. The van der Waals surface area contributed by atoms with Gasteiger partial charge in [-0.3, -0.25) is 4.98 Å². The van der Waals surface area contributed by atoms with Gasteiger partial charge in [0.25, 0.3) is 0 Å². The number of rotatable bonds is 7. The molecule has 0 aliphatic rings. The molecule has 0 aliphatic carbocycles. The Balaban J connectivity index is 1.85. The van der Waals surface area contributed by atoms with Crippen LogP contribution in [0.5, 0.6) is 0 Å². The second-order valence-electron chi connectivity index (χ2n) is 5.49. The molecule has 0 fully saturated rings. The fraction of sp³-hybridized carbons (Fsp3) is 0.167. The maximum atomic E-state index is 13.3. The maximum absolute atomic E-state index is 13.3. The summed E-state index contributed by atoms with van der Waals surface area (Å²) in [7, 11) is 0. The Morgan fingerprint density at radius 1 is 1.00 bits per heavy atom. The molecular formula is C18H17F2N5O.